The molecule has 2 atom stereocenters. The van der Waals surface area contributed by atoms with Crippen molar-refractivity contribution in [1.29, 1.82) is 0 Å². The second-order valence-electron chi connectivity index (χ2n) is 5.00. The van der Waals surface area contributed by atoms with Gasteiger partial charge in [-0.1, -0.05) is 18.2 Å². The molecule has 0 fully saturated rings. The van der Waals surface area contributed by atoms with E-state index in [4.69, 9.17) is 4.74 Å². The van der Waals surface area contributed by atoms with Crippen LogP contribution in [0.2, 0.25) is 0 Å². The van der Waals surface area contributed by atoms with Gasteiger partial charge in [0.2, 0.25) is 0 Å². The lowest BCUT2D eigenvalue weighted by Gasteiger charge is -2.27. The summed E-state index contributed by atoms with van der Waals surface area (Å²) in [5, 5.41) is 6.16. The van der Waals surface area contributed by atoms with Gasteiger partial charge in [0.05, 0.1) is 18.3 Å². The van der Waals surface area contributed by atoms with Crippen LogP contribution in [-0.4, -0.2) is 23.5 Å². The first-order valence-electron chi connectivity index (χ1n) is 6.94. The van der Waals surface area contributed by atoms with Gasteiger partial charge in [-0.2, -0.15) is 0 Å². The van der Waals surface area contributed by atoms with E-state index in [1.165, 1.54) is 0 Å². The Morgan fingerprint density at radius 1 is 1.38 bits per heavy atom. The maximum absolute atomic E-state index is 12.3. The first-order chi connectivity index (χ1) is 10.2. The Morgan fingerprint density at radius 2 is 2.24 bits per heavy atom. The van der Waals surface area contributed by atoms with Crippen LogP contribution in [0.1, 0.15) is 18.5 Å². The van der Waals surface area contributed by atoms with E-state index in [0.29, 0.717) is 12.3 Å². The van der Waals surface area contributed by atoms with Crippen molar-refractivity contribution in [2.75, 3.05) is 11.9 Å². The van der Waals surface area contributed by atoms with Crippen molar-refractivity contribution in [3.05, 3.63) is 54.4 Å². The lowest BCUT2D eigenvalue weighted by Crippen LogP contribution is -2.45. The van der Waals surface area contributed by atoms with Gasteiger partial charge >= 0.3 is 0 Å². The van der Waals surface area contributed by atoms with Gasteiger partial charge in [0.1, 0.15) is 5.75 Å². The van der Waals surface area contributed by atoms with Crippen molar-refractivity contribution in [1.82, 2.24) is 10.3 Å². The van der Waals surface area contributed by atoms with Crippen LogP contribution in [0.25, 0.3) is 0 Å². The number of amides is 1. The van der Waals surface area contributed by atoms with Gasteiger partial charge < -0.3 is 15.4 Å². The minimum Gasteiger partial charge on any atom is -0.477 e. The van der Waals surface area contributed by atoms with E-state index in [2.05, 4.69) is 15.6 Å². The van der Waals surface area contributed by atoms with Gasteiger partial charge in [-0.15, -0.1) is 0 Å². The van der Waals surface area contributed by atoms with Crippen molar-refractivity contribution >= 4 is 11.6 Å². The van der Waals surface area contributed by atoms with Crippen LogP contribution in [-0.2, 0) is 4.79 Å². The molecule has 0 radical (unpaired) electrons. The molecule has 2 heterocycles. The highest BCUT2D eigenvalue weighted by atomic mass is 16.5. The number of carbonyl (C=O) groups excluding carboxylic acids is 1. The zero-order chi connectivity index (χ0) is 14.7. The lowest BCUT2D eigenvalue weighted by molar-refractivity contribution is -0.128. The van der Waals surface area contributed by atoms with Crippen molar-refractivity contribution in [3.63, 3.8) is 0 Å². The van der Waals surface area contributed by atoms with Crippen molar-refractivity contribution in [2.45, 2.75) is 19.1 Å². The molecule has 5 nitrogen and oxygen atoms in total. The minimum atomic E-state index is -0.529. The van der Waals surface area contributed by atoms with Crippen molar-refractivity contribution < 1.29 is 9.53 Å². The third-order valence-electron chi connectivity index (χ3n) is 3.47. The van der Waals surface area contributed by atoms with E-state index in [0.717, 1.165) is 11.3 Å². The normalized spacial score (nSPS) is 17.9. The Balaban J connectivity index is 1.65. The van der Waals surface area contributed by atoms with Gasteiger partial charge in [0.15, 0.2) is 6.10 Å². The van der Waals surface area contributed by atoms with Gasteiger partial charge in [0.25, 0.3) is 5.91 Å². The zero-order valence-corrected chi connectivity index (χ0v) is 11.7. The van der Waals surface area contributed by atoms with E-state index >= 15 is 0 Å². The Morgan fingerprint density at radius 3 is 3.05 bits per heavy atom. The number of benzene rings is 1. The summed E-state index contributed by atoms with van der Waals surface area (Å²) >= 11 is 0. The number of anilines is 1. The molecule has 108 valence electrons. The van der Waals surface area contributed by atoms with E-state index in [9.17, 15) is 4.79 Å². The molecule has 1 amide bonds. The fourth-order valence-corrected chi connectivity index (χ4v) is 2.28. The zero-order valence-electron chi connectivity index (χ0n) is 11.7. The molecule has 0 bridgehead atoms. The predicted octanol–water partition coefficient (Wildman–Crippen LogP) is 2.13. The number of aromatic nitrogens is 1. The molecule has 5 heteroatoms. The van der Waals surface area contributed by atoms with Gasteiger partial charge in [-0.05, 0) is 30.7 Å². The van der Waals surface area contributed by atoms with Crippen LogP contribution in [0.4, 0.5) is 5.69 Å². The summed E-state index contributed by atoms with van der Waals surface area (Å²) in [6, 6.07) is 11.3. The second kappa shape index (κ2) is 5.83. The molecule has 1 aromatic carbocycles. The molecule has 2 aromatic rings. The molecule has 2 unspecified atom stereocenters. The molecule has 1 aliphatic rings. The summed E-state index contributed by atoms with van der Waals surface area (Å²) in [7, 11) is 0. The first-order valence-corrected chi connectivity index (χ1v) is 6.94. The third-order valence-corrected chi connectivity index (χ3v) is 3.47. The highest BCUT2D eigenvalue weighted by molar-refractivity contribution is 5.83. The van der Waals surface area contributed by atoms with E-state index in [1.807, 2.05) is 43.3 Å². The van der Waals surface area contributed by atoms with Crippen LogP contribution in [0.3, 0.4) is 0 Å². The average molecular weight is 283 g/mol. The van der Waals surface area contributed by atoms with Gasteiger partial charge in [-0.3, -0.25) is 9.78 Å². The Bertz CT molecular complexity index is 630. The standard InChI is InChI=1S/C16H17N3O2/c1-11(12-5-4-8-17-9-12)19-16(20)15-10-18-13-6-2-3-7-14(13)21-15/h2-9,11,15,18H,10H2,1H3,(H,19,20). The van der Waals surface area contributed by atoms with Crippen LogP contribution in [0, 0.1) is 0 Å². The van der Waals surface area contributed by atoms with Crippen LogP contribution in [0.5, 0.6) is 5.75 Å². The molecule has 2 N–H and O–H groups in total. The molecule has 3 rings (SSSR count). The summed E-state index contributed by atoms with van der Waals surface area (Å²) in [5.41, 5.74) is 1.89. The summed E-state index contributed by atoms with van der Waals surface area (Å²) in [5.74, 6) is 0.575. The van der Waals surface area contributed by atoms with Crippen LogP contribution < -0.4 is 15.4 Å². The second-order valence-corrected chi connectivity index (χ2v) is 5.00. The minimum absolute atomic E-state index is 0.105. The Hall–Kier alpha value is -2.56. The largest absolute Gasteiger partial charge is 0.477 e. The number of nitrogens with zero attached hydrogens (tertiary/aromatic N) is 1. The van der Waals surface area contributed by atoms with Crippen LogP contribution in [0.15, 0.2) is 48.8 Å². The number of pyridine rings is 1. The molecule has 1 aliphatic heterocycles. The molecule has 0 saturated carbocycles. The number of ether oxygens (including phenoxy) is 1. The Labute approximate surface area is 123 Å². The molecule has 0 spiro atoms. The first kappa shape index (κ1) is 13.4. The van der Waals surface area contributed by atoms with Gasteiger partial charge in [0, 0.05) is 12.4 Å². The number of fused-ring (bicyclic) bond motifs is 1. The smallest absolute Gasteiger partial charge is 0.263 e. The number of carbonyl (C=O) groups is 1. The number of rotatable bonds is 3. The quantitative estimate of drug-likeness (QED) is 0.906. The van der Waals surface area contributed by atoms with E-state index in [-0.39, 0.29) is 11.9 Å². The summed E-state index contributed by atoms with van der Waals surface area (Å²) < 4.78 is 5.74. The molecule has 21 heavy (non-hydrogen) atoms. The van der Waals surface area contributed by atoms with Crippen molar-refractivity contribution in [3.8, 4) is 5.75 Å². The molecule has 0 aliphatic carbocycles. The maximum atomic E-state index is 12.3. The summed E-state index contributed by atoms with van der Waals surface area (Å²) in [6.45, 7) is 2.39. The third kappa shape index (κ3) is 2.97. The van der Waals surface area contributed by atoms with E-state index < -0.39 is 6.10 Å². The lowest BCUT2D eigenvalue weighted by atomic mass is 10.1. The number of nitrogens with one attached hydrogen (secondary N) is 2. The molecular weight excluding hydrogens is 266 g/mol. The fourth-order valence-electron chi connectivity index (χ4n) is 2.28. The highest BCUT2D eigenvalue weighted by Crippen LogP contribution is 2.28. The maximum Gasteiger partial charge on any atom is 0.263 e. The van der Waals surface area contributed by atoms with Crippen LogP contribution >= 0.6 is 0 Å². The molecule has 1 aromatic heterocycles. The summed E-state index contributed by atoms with van der Waals surface area (Å²) in [6.07, 6.45) is 2.93. The average Bonchev–Trinajstić information content (AvgIpc) is 2.55. The number of para-hydroxylation sites is 2. The highest BCUT2D eigenvalue weighted by Gasteiger charge is 2.26. The van der Waals surface area contributed by atoms with E-state index in [1.54, 1.807) is 12.4 Å². The number of hydrogen-bond donors (Lipinski definition) is 2. The fraction of sp³-hybridized carbons (Fsp3) is 0.250. The number of hydrogen-bond acceptors (Lipinski definition) is 4. The summed E-state index contributed by atoms with van der Waals surface area (Å²) in [4.78, 5) is 16.4. The topological polar surface area (TPSA) is 63.2 Å². The van der Waals surface area contributed by atoms with Crippen molar-refractivity contribution in [2.24, 2.45) is 0 Å². The van der Waals surface area contributed by atoms with Gasteiger partial charge in [-0.25, -0.2) is 0 Å². The molecular formula is C16H17N3O2. The predicted molar refractivity (Wildman–Crippen MR) is 80.1 cm³/mol. The molecule has 0 saturated heterocycles. The monoisotopic (exact) mass is 283 g/mol. The SMILES string of the molecule is CC(NC(=O)C1CNc2ccccc2O1)c1cccnc1. The Kier molecular flexibility index (Phi) is 3.73.